The van der Waals surface area contributed by atoms with Crippen molar-refractivity contribution < 1.29 is 9.32 Å². The zero-order valence-electron chi connectivity index (χ0n) is 13.2. The summed E-state index contributed by atoms with van der Waals surface area (Å²) >= 11 is 0. The van der Waals surface area contributed by atoms with Gasteiger partial charge in [0.1, 0.15) is 12.0 Å². The molecule has 1 aliphatic carbocycles. The molecule has 118 valence electrons. The summed E-state index contributed by atoms with van der Waals surface area (Å²) < 4.78 is 4.87. The number of amides is 1. The number of carbonyl (C=O) groups excluding carboxylic acids is 1. The fourth-order valence-corrected chi connectivity index (χ4v) is 2.86. The molecule has 1 atom stereocenters. The third-order valence-electron chi connectivity index (χ3n) is 4.46. The smallest absolute Gasteiger partial charge is 0.221 e. The fourth-order valence-electron chi connectivity index (χ4n) is 2.86. The number of hydrogen-bond donors (Lipinski definition) is 1. The van der Waals surface area contributed by atoms with Crippen LogP contribution in [-0.2, 0) is 4.79 Å². The molecule has 1 aromatic heterocycles. The third-order valence-corrected chi connectivity index (χ3v) is 4.46. The average molecular weight is 293 g/mol. The van der Waals surface area contributed by atoms with Crippen molar-refractivity contribution in [1.29, 1.82) is 0 Å². The highest BCUT2D eigenvalue weighted by atomic mass is 16.5. The monoisotopic (exact) mass is 293 g/mol. The van der Waals surface area contributed by atoms with Crippen molar-refractivity contribution >= 4 is 5.91 Å². The molecule has 0 saturated heterocycles. The van der Waals surface area contributed by atoms with Gasteiger partial charge in [0.15, 0.2) is 0 Å². The minimum Gasteiger partial charge on any atom is -0.364 e. The molecular weight excluding hydrogens is 266 g/mol. The second-order valence-electron chi connectivity index (χ2n) is 6.09. The maximum absolute atomic E-state index is 12.1. The molecule has 0 aliphatic heterocycles. The van der Waals surface area contributed by atoms with Gasteiger partial charge in [-0.3, -0.25) is 9.69 Å². The maximum Gasteiger partial charge on any atom is 0.221 e. The van der Waals surface area contributed by atoms with Crippen LogP contribution < -0.4 is 5.32 Å². The molecule has 1 fully saturated rings. The van der Waals surface area contributed by atoms with Crippen molar-refractivity contribution in [3.8, 4) is 0 Å². The van der Waals surface area contributed by atoms with E-state index in [1.165, 1.54) is 25.7 Å². The number of nitrogens with one attached hydrogen (secondary N) is 1. The van der Waals surface area contributed by atoms with Gasteiger partial charge in [0.25, 0.3) is 0 Å². The average Bonchev–Trinajstić information content (AvgIpc) is 2.90. The first kappa shape index (κ1) is 16.0. The molecule has 21 heavy (non-hydrogen) atoms. The summed E-state index contributed by atoms with van der Waals surface area (Å²) in [5.41, 5.74) is 0.904. The predicted octanol–water partition coefficient (Wildman–Crippen LogP) is 2.90. The Bertz CT molecular complexity index is 411. The lowest BCUT2D eigenvalue weighted by molar-refractivity contribution is -0.122. The Morgan fingerprint density at radius 2 is 2.14 bits per heavy atom. The first-order valence-corrected chi connectivity index (χ1v) is 8.06. The Kier molecular flexibility index (Phi) is 6.23. The molecule has 0 aromatic carbocycles. The van der Waals surface area contributed by atoms with E-state index in [0.717, 1.165) is 25.1 Å². The van der Waals surface area contributed by atoms with Gasteiger partial charge in [0.2, 0.25) is 5.91 Å². The normalized spacial score (nSPS) is 18.4. The van der Waals surface area contributed by atoms with Crippen molar-refractivity contribution in [3.63, 3.8) is 0 Å². The highest BCUT2D eigenvalue weighted by Gasteiger charge is 2.17. The number of aromatic nitrogens is 1. The molecule has 0 bridgehead atoms. The van der Waals surface area contributed by atoms with Crippen LogP contribution in [0.5, 0.6) is 0 Å². The quantitative estimate of drug-likeness (QED) is 0.819. The van der Waals surface area contributed by atoms with Crippen LogP contribution in [0, 0.1) is 0 Å². The summed E-state index contributed by atoms with van der Waals surface area (Å²) in [6.07, 6.45) is 9.50. The molecule has 0 unspecified atom stereocenters. The van der Waals surface area contributed by atoms with E-state index in [-0.39, 0.29) is 11.9 Å². The zero-order valence-corrected chi connectivity index (χ0v) is 13.2. The van der Waals surface area contributed by atoms with Gasteiger partial charge in [-0.1, -0.05) is 30.8 Å². The lowest BCUT2D eigenvalue weighted by Gasteiger charge is -2.23. The molecule has 1 aliphatic rings. The molecule has 0 radical (unpaired) electrons. The van der Waals surface area contributed by atoms with Crippen LogP contribution in [0.25, 0.3) is 0 Å². The van der Waals surface area contributed by atoms with Crippen molar-refractivity contribution in [2.45, 2.75) is 64.0 Å². The number of carbonyl (C=O) groups is 1. The summed E-state index contributed by atoms with van der Waals surface area (Å²) in [6, 6.07) is 2.42. The Hall–Kier alpha value is -1.36. The molecule has 2 rings (SSSR count). The van der Waals surface area contributed by atoms with Crippen LogP contribution in [0.15, 0.2) is 16.9 Å². The van der Waals surface area contributed by atoms with Crippen LogP contribution in [0.2, 0.25) is 0 Å². The van der Waals surface area contributed by atoms with Gasteiger partial charge in [-0.05, 0) is 26.8 Å². The first-order chi connectivity index (χ1) is 10.2. The molecule has 1 amide bonds. The van der Waals surface area contributed by atoms with Crippen LogP contribution in [0.3, 0.4) is 0 Å². The van der Waals surface area contributed by atoms with Crippen LogP contribution in [0.4, 0.5) is 0 Å². The Morgan fingerprint density at radius 3 is 2.76 bits per heavy atom. The lowest BCUT2D eigenvalue weighted by atomic mass is 10.1. The minimum atomic E-state index is 0.162. The van der Waals surface area contributed by atoms with Crippen molar-refractivity contribution in [1.82, 2.24) is 15.4 Å². The van der Waals surface area contributed by atoms with Gasteiger partial charge < -0.3 is 9.84 Å². The summed E-state index contributed by atoms with van der Waals surface area (Å²) in [6.45, 7) is 2.80. The van der Waals surface area contributed by atoms with Crippen LogP contribution in [-0.4, -0.2) is 35.6 Å². The maximum atomic E-state index is 12.1. The Morgan fingerprint density at radius 1 is 1.43 bits per heavy atom. The first-order valence-electron chi connectivity index (χ1n) is 8.06. The van der Waals surface area contributed by atoms with E-state index < -0.39 is 0 Å². The predicted molar refractivity (Wildman–Crippen MR) is 81.8 cm³/mol. The van der Waals surface area contributed by atoms with Crippen LogP contribution in [0.1, 0.15) is 63.6 Å². The lowest BCUT2D eigenvalue weighted by Crippen LogP contribution is -2.36. The van der Waals surface area contributed by atoms with E-state index in [9.17, 15) is 4.79 Å². The van der Waals surface area contributed by atoms with Crippen molar-refractivity contribution in [3.05, 3.63) is 18.0 Å². The zero-order chi connectivity index (χ0) is 15.1. The highest BCUT2D eigenvalue weighted by Crippen LogP contribution is 2.18. The largest absolute Gasteiger partial charge is 0.364 e. The molecule has 1 N–H and O–H groups in total. The Labute approximate surface area is 127 Å². The highest BCUT2D eigenvalue weighted by molar-refractivity contribution is 5.76. The standard InChI is InChI=1S/C16H27N3O2/c1-13(15-10-12-21-18-15)19(2)11-9-16(20)17-14-7-5-3-4-6-8-14/h10,12-14H,3-9,11H2,1-2H3,(H,17,20)/t13-/m1/s1. The topological polar surface area (TPSA) is 58.4 Å². The second kappa shape index (κ2) is 8.17. The number of rotatable bonds is 6. The summed E-state index contributed by atoms with van der Waals surface area (Å²) in [5.74, 6) is 0.168. The van der Waals surface area contributed by atoms with Gasteiger partial charge in [0.05, 0.1) is 6.04 Å². The van der Waals surface area contributed by atoms with E-state index in [1.54, 1.807) is 6.26 Å². The molecule has 5 nitrogen and oxygen atoms in total. The minimum absolute atomic E-state index is 0.162. The second-order valence-corrected chi connectivity index (χ2v) is 6.09. The molecule has 5 heteroatoms. The van der Waals surface area contributed by atoms with Gasteiger partial charge in [-0.2, -0.15) is 0 Å². The van der Waals surface area contributed by atoms with E-state index in [4.69, 9.17) is 4.52 Å². The molecular formula is C16H27N3O2. The van der Waals surface area contributed by atoms with Gasteiger partial charge in [-0.15, -0.1) is 0 Å². The number of nitrogens with zero attached hydrogens (tertiary/aromatic N) is 2. The van der Waals surface area contributed by atoms with Crippen molar-refractivity contribution in [2.75, 3.05) is 13.6 Å². The van der Waals surface area contributed by atoms with E-state index >= 15 is 0 Å². The summed E-state index contributed by atoms with van der Waals surface area (Å²) in [4.78, 5) is 14.2. The van der Waals surface area contributed by atoms with Crippen molar-refractivity contribution in [2.24, 2.45) is 0 Å². The van der Waals surface area contributed by atoms with E-state index in [0.29, 0.717) is 12.5 Å². The van der Waals surface area contributed by atoms with Gasteiger partial charge in [-0.25, -0.2) is 0 Å². The summed E-state index contributed by atoms with van der Waals surface area (Å²) in [5, 5.41) is 7.14. The third kappa shape index (κ3) is 5.16. The van der Waals surface area contributed by atoms with Gasteiger partial charge >= 0.3 is 0 Å². The number of hydrogen-bond acceptors (Lipinski definition) is 4. The van der Waals surface area contributed by atoms with Crippen LogP contribution >= 0.6 is 0 Å². The molecule has 1 heterocycles. The SMILES string of the molecule is C[C@H](c1ccon1)N(C)CCC(=O)NC1CCCCCC1. The van der Waals surface area contributed by atoms with E-state index in [1.807, 2.05) is 13.1 Å². The molecule has 1 aromatic rings. The molecule has 1 saturated carbocycles. The Balaban J connectivity index is 1.70. The van der Waals surface area contributed by atoms with E-state index in [2.05, 4.69) is 22.3 Å². The summed E-state index contributed by atoms with van der Waals surface area (Å²) in [7, 11) is 2.01. The molecule has 0 spiro atoms. The van der Waals surface area contributed by atoms with Gasteiger partial charge in [0, 0.05) is 25.1 Å². The fraction of sp³-hybridized carbons (Fsp3) is 0.750.